The van der Waals surface area contributed by atoms with Gasteiger partial charge in [-0.3, -0.25) is 14.4 Å². The lowest BCUT2D eigenvalue weighted by Gasteiger charge is -2.18. The standard InChI is InChI=1S/C65H124O6/c1-4-7-10-13-16-19-21-23-25-27-29-30-31-32-33-34-35-36-37-39-40-42-44-46-49-52-55-58-64(67)70-61-62(60-69-63(66)57-54-51-48-18-15-12-9-6-3)71-65(68)59-56-53-50-47-45-43-41-38-28-26-24-22-20-17-14-11-8-5-2/h27,29,62H,4-26,28,30-61H2,1-3H3/b29-27-. The van der Waals surface area contributed by atoms with Gasteiger partial charge in [0.15, 0.2) is 6.10 Å². The van der Waals surface area contributed by atoms with Crippen LogP contribution in [0, 0.1) is 0 Å². The molecular weight excluding hydrogens is 877 g/mol. The molecule has 6 nitrogen and oxygen atoms in total. The van der Waals surface area contributed by atoms with Gasteiger partial charge in [-0.1, -0.05) is 315 Å². The molecule has 420 valence electrons. The predicted molar refractivity (Wildman–Crippen MR) is 307 cm³/mol. The molecule has 0 fully saturated rings. The lowest BCUT2D eigenvalue weighted by Crippen LogP contribution is -2.30. The van der Waals surface area contributed by atoms with E-state index in [9.17, 15) is 14.4 Å². The van der Waals surface area contributed by atoms with Gasteiger partial charge in [0.05, 0.1) is 0 Å². The molecular formula is C65H124O6. The highest BCUT2D eigenvalue weighted by Gasteiger charge is 2.19. The first-order valence-electron chi connectivity index (χ1n) is 32.2. The maximum absolute atomic E-state index is 12.9. The zero-order valence-corrected chi connectivity index (χ0v) is 48.3. The Balaban J connectivity index is 4.07. The second-order valence-electron chi connectivity index (χ2n) is 22.0. The number of hydrogen-bond donors (Lipinski definition) is 0. The Labute approximate surface area is 443 Å². The number of ether oxygens (including phenoxy) is 3. The van der Waals surface area contributed by atoms with E-state index in [1.165, 1.54) is 270 Å². The highest BCUT2D eigenvalue weighted by atomic mass is 16.6. The highest BCUT2D eigenvalue weighted by Crippen LogP contribution is 2.18. The fourth-order valence-electron chi connectivity index (χ4n) is 9.91. The summed E-state index contributed by atoms with van der Waals surface area (Å²) < 4.78 is 16.9. The molecule has 0 N–H and O–H groups in total. The van der Waals surface area contributed by atoms with Gasteiger partial charge in [0, 0.05) is 19.3 Å². The molecule has 0 heterocycles. The first-order valence-corrected chi connectivity index (χ1v) is 32.2. The fraction of sp³-hybridized carbons (Fsp3) is 0.923. The van der Waals surface area contributed by atoms with Crippen LogP contribution in [0.3, 0.4) is 0 Å². The van der Waals surface area contributed by atoms with Crippen LogP contribution in [0.2, 0.25) is 0 Å². The molecule has 6 heteroatoms. The third kappa shape index (κ3) is 58.9. The number of unbranched alkanes of at least 4 members (excludes halogenated alkanes) is 47. The molecule has 0 aromatic carbocycles. The van der Waals surface area contributed by atoms with Crippen LogP contribution in [0.5, 0.6) is 0 Å². The van der Waals surface area contributed by atoms with Gasteiger partial charge in [-0.15, -0.1) is 0 Å². The van der Waals surface area contributed by atoms with Crippen molar-refractivity contribution in [2.24, 2.45) is 0 Å². The van der Waals surface area contributed by atoms with Crippen LogP contribution in [-0.2, 0) is 28.6 Å². The summed E-state index contributed by atoms with van der Waals surface area (Å²) in [6.45, 7) is 6.68. The number of carbonyl (C=O) groups is 3. The average molecular weight is 1000 g/mol. The predicted octanol–water partition coefficient (Wildman–Crippen LogP) is 21.7. The Morgan fingerprint density at radius 1 is 0.268 bits per heavy atom. The van der Waals surface area contributed by atoms with Crippen molar-refractivity contribution in [3.8, 4) is 0 Å². The van der Waals surface area contributed by atoms with E-state index in [1.807, 2.05) is 0 Å². The number of esters is 3. The van der Waals surface area contributed by atoms with Crippen LogP contribution in [0.25, 0.3) is 0 Å². The van der Waals surface area contributed by atoms with Crippen LogP contribution in [0.4, 0.5) is 0 Å². The minimum Gasteiger partial charge on any atom is -0.462 e. The molecule has 0 radical (unpaired) electrons. The van der Waals surface area contributed by atoms with Crippen molar-refractivity contribution in [3.63, 3.8) is 0 Å². The largest absolute Gasteiger partial charge is 0.462 e. The summed E-state index contributed by atoms with van der Waals surface area (Å²) in [6, 6.07) is 0. The van der Waals surface area contributed by atoms with Crippen LogP contribution in [0.1, 0.15) is 367 Å². The number of carbonyl (C=O) groups excluding carboxylic acids is 3. The van der Waals surface area contributed by atoms with Crippen LogP contribution in [0.15, 0.2) is 12.2 Å². The fourth-order valence-corrected chi connectivity index (χ4v) is 9.91. The number of allylic oxidation sites excluding steroid dienone is 2. The summed E-state index contributed by atoms with van der Waals surface area (Å²) in [5.41, 5.74) is 0. The summed E-state index contributed by atoms with van der Waals surface area (Å²) in [5.74, 6) is -0.840. The summed E-state index contributed by atoms with van der Waals surface area (Å²) in [6.07, 6.45) is 71.0. The molecule has 0 rings (SSSR count). The lowest BCUT2D eigenvalue weighted by molar-refractivity contribution is -0.167. The molecule has 0 saturated carbocycles. The molecule has 0 aromatic rings. The zero-order valence-electron chi connectivity index (χ0n) is 48.3. The van der Waals surface area contributed by atoms with Gasteiger partial charge in [-0.05, 0) is 44.9 Å². The average Bonchev–Trinajstić information content (AvgIpc) is 3.37. The molecule has 0 bridgehead atoms. The van der Waals surface area contributed by atoms with Crippen LogP contribution in [-0.4, -0.2) is 37.2 Å². The molecule has 0 spiro atoms. The minimum atomic E-state index is -0.763. The van der Waals surface area contributed by atoms with E-state index < -0.39 is 6.10 Å². The number of rotatable bonds is 60. The number of hydrogen-bond acceptors (Lipinski definition) is 6. The minimum absolute atomic E-state index is 0.0634. The highest BCUT2D eigenvalue weighted by molar-refractivity contribution is 5.71. The first-order chi connectivity index (χ1) is 35.0. The Hall–Kier alpha value is -1.85. The Bertz CT molecular complexity index is 1100. The second-order valence-corrected chi connectivity index (χ2v) is 22.0. The van der Waals surface area contributed by atoms with E-state index in [0.717, 1.165) is 57.8 Å². The van der Waals surface area contributed by atoms with Crippen LogP contribution < -0.4 is 0 Å². The molecule has 71 heavy (non-hydrogen) atoms. The van der Waals surface area contributed by atoms with E-state index in [1.54, 1.807) is 0 Å². The van der Waals surface area contributed by atoms with Gasteiger partial charge < -0.3 is 14.2 Å². The van der Waals surface area contributed by atoms with E-state index in [2.05, 4.69) is 32.9 Å². The SMILES string of the molecule is CCCCCCCCCC/C=C\CCCCCCCCCCCCCCCCCC(=O)OCC(COC(=O)CCCCCCCCCC)OC(=O)CCCCCCCCCCCCCCCCCCCC. The van der Waals surface area contributed by atoms with Crippen molar-refractivity contribution in [2.75, 3.05) is 13.2 Å². The normalized spacial score (nSPS) is 12.0. The molecule has 0 aliphatic carbocycles. The van der Waals surface area contributed by atoms with E-state index in [-0.39, 0.29) is 31.1 Å². The van der Waals surface area contributed by atoms with Crippen molar-refractivity contribution >= 4 is 17.9 Å². The first kappa shape index (κ1) is 69.2. The van der Waals surface area contributed by atoms with Gasteiger partial charge >= 0.3 is 17.9 Å². The topological polar surface area (TPSA) is 78.9 Å². The summed E-state index contributed by atoms with van der Waals surface area (Å²) in [7, 11) is 0. The van der Waals surface area contributed by atoms with Gasteiger partial charge in [0.1, 0.15) is 13.2 Å². The summed E-state index contributed by atoms with van der Waals surface area (Å²) >= 11 is 0. The maximum atomic E-state index is 12.9. The maximum Gasteiger partial charge on any atom is 0.306 e. The second kappa shape index (κ2) is 60.7. The molecule has 0 amide bonds. The van der Waals surface area contributed by atoms with E-state index >= 15 is 0 Å². The van der Waals surface area contributed by atoms with Gasteiger partial charge in [-0.25, -0.2) is 0 Å². The smallest absolute Gasteiger partial charge is 0.306 e. The Kier molecular flexibility index (Phi) is 59.1. The van der Waals surface area contributed by atoms with Crippen molar-refractivity contribution < 1.29 is 28.6 Å². The van der Waals surface area contributed by atoms with Crippen molar-refractivity contribution in [3.05, 3.63) is 12.2 Å². The lowest BCUT2D eigenvalue weighted by atomic mass is 10.0. The summed E-state index contributed by atoms with van der Waals surface area (Å²) in [4.78, 5) is 38.1. The molecule has 0 saturated heterocycles. The van der Waals surface area contributed by atoms with Crippen molar-refractivity contribution in [1.82, 2.24) is 0 Å². The third-order valence-electron chi connectivity index (χ3n) is 14.8. The molecule has 1 atom stereocenters. The van der Waals surface area contributed by atoms with Gasteiger partial charge in [0.25, 0.3) is 0 Å². The van der Waals surface area contributed by atoms with E-state index in [0.29, 0.717) is 19.3 Å². The van der Waals surface area contributed by atoms with Crippen molar-refractivity contribution in [2.45, 2.75) is 374 Å². The van der Waals surface area contributed by atoms with Gasteiger partial charge in [0.2, 0.25) is 0 Å². The molecule has 0 aliphatic rings. The van der Waals surface area contributed by atoms with Gasteiger partial charge in [-0.2, -0.15) is 0 Å². The Morgan fingerprint density at radius 3 is 0.704 bits per heavy atom. The van der Waals surface area contributed by atoms with Crippen LogP contribution >= 0.6 is 0 Å². The molecule has 0 aromatic heterocycles. The third-order valence-corrected chi connectivity index (χ3v) is 14.8. The van der Waals surface area contributed by atoms with Crippen molar-refractivity contribution in [1.29, 1.82) is 0 Å². The Morgan fingerprint density at radius 2 is 0.465 bits per heavy atom. The molecule has 0 aliphatic heterocycles. The monoisotopic (exact) mass is 1000 g/mol. The van der Waals surface area contributed by atoms with E-state index in [4.69, 9.17) is 14.2 Å². The quantitative estimate of drug-likeness (QED) is 0.0261. The molecule has 1 unspecified atom stereocenters. The zero-order chi connectivity index (χ0) is 51.4. The summed E-state index contributed by atoms with van der Waals surface area (Å²) in [5, 5.41) is 0.